The Balaban J connectivity index is 1.54. The highest BCUT2D eigenvalue weighted by Crippen LogP contribution is 2.40. The van der Waals surface area contributed by atoms with Crippen molar-refractivity contribution in [2.24, 2.45) is 7.05 Å². The molecule has 170 valence electrons. The van der Waals surface area contributed by atoms with Gasteiger partial charge in [0.15, 0.2) is 0 Å². The van der Waals surface area contributed by atoms with Gasteiger partial charge in [0, 0.05) is 31.1 Å². The van der Waals surface area contributed by atoms with Gasteiger partial charge in [-0.25, -0.2) is 4.79 Å². The van der Waals surface area contributed by atoms with E-state index in [-0.39, 0.29) is 18.1 Å². The van der Waals surface area contributed by atoms with Gasteiger partial charge in [0.1, 0.15) is 0 Å². The van der Waals surface area contributed by atoms with E-state index in [9.17, 15) is 4.79 Å². The zero-order valence-electron chi connectivity index (χ0n) is 18.9. The van der Waals surface area contributed by atoms with Crippen molar-refractivity contribution in [1.29, 1.82) is 0 Å². The molecular formula is C24H29Cl2N5O. The van der Waals surface area contributed by atoms with Gasteiger partial charge in [-0.15, -0.1) is 0 Å². The minimum atomic E-state index is -0.274. The van der Waals surface area contributed by atoms with Gasteiger partial charge < -0.3 is 15.1 Å². The Morgan fingerprint density at radius 2 is 1.84 bits per heavy atom. The van der Waals surface area contributed by atoms with Gasteiger partial charge in [0.05, 0.1) is 27.8 Å². The highest BCUT2D eigenvalue weighted by Gasteiger charge is 2.26. The summed E-state index contributed by atoms with van der Waals surface area (Å²) in [5.41, 5.74) is 3.65. The highest BCUT2D eigenvalue weighted by atomic mass is 35.5. The Kier molecular flexibility index (Phi) is 6.65. The second-order valence-electron chi connectivity index (χ2n) is 8.65. The summed E-state index contributed by atoms with van der Waals surface area (Å²) in [5, 5.41) is 9.39. The first-order chi connectivity index (χ1) is 15.3. The number of urea groups is 1. The number of nitrogens with zero attached hydrogens (tertiary/aromatic N) is 4. The number of carbonyl (C=O) groups excluding carboxylic acids is 1. The lowest BCUT2D eigenvalue weighted by atomic mass is 9.98. The van der Waals surface area contributed by atoms with Crippen molar-refractivity contribution in [1.82, 2.24) is 24.9 Å². The lowest BCUT2D eigenvalue weighted by Crippen LogP contribution is -2.48. The van der Waals surface area contributed by atoms with Crippen molar-refractivity contribution < 1.29 is 4.79 Å². The molecule has 6 nitrogen and oxygen atoms in total. The van der Waals surface area contributed by atoms with Crippen molar-refractivity contribution in [3.63, 3.8) is 0 Å². The molecule has 1 unspecified atom stereocenters. The molecule has 3 aromatic rings. The standard InChI is InChI=1S/C24H29Cl2N5O/c1-15(28-24(32)30(3)16-10-12-29(2)13-11-16)17-8-9-19(23(26)22(17)25)18-6-5-7-21-20(18)14-27-31(21)4/h5-9,14-16H,10-13H2,1-4H3,(H,28,32). The van der Waals surface area contributed by atoms with Gasteiger partial charge in [-0.2, -0.15) is 5.10 Å². The van der Waals surface area contributed by atoms with Crippen molar-refractivity contribution >= 4 is 40.1 Å². The number of fused-ring (bicyclic) bond motifs is 1. The number of hydrogen-bond acceptors (Lipinski definition) is 3. The summed E-state index contributed by atoms with van der Waals surface area (Å²) in [4.78, 5) is 17.0. The fourth-order valence-corrected chi connectivity index (χ4v) is 5.03. The van der Waals surface area contributed by atoms with Crippen molar-refractivity contribution in [2.45, 2.75) is 31.8 Å². The average Bonchev–Trinajstić information content (AvgIpc) is 3.16. The van der Waals surface area contributed by atoms with E-state index in [4.69, 9.17) is 23.2 Å². The van der Waals surface area contributed by atoms with Crippen molar-refractivity contribution in [2.75, 3.05) is 27.2 Å². The second-order valence-corrected chi connectivity index (χ2v) is 9.41. The number of benzene rings is 2. The molecule has 1 N–H and O–H groups in total. The molecule has 0 spiro atoms. The van der Waals surface area contributed by atoms with E-state index in [1.165, 1.54) is 0 Å². The number of likely N-dealkylation sites (tertiary alicyclic amines) is 1. The van der Waals surface area contributed by atoms with Gasteiger partial charge >= 0.3 is 6.03 Å². The molecule has 1 atom stereocenters. The van der Waals surface area contributed by atoms with Crippen LogP contribution in [0.5, 0.6) is 0 Å². The topological polar surface area (TPSA) is 53.4 Å². The summed E-state index contributed by atoms with van der Waals surface area (Å²) < 4.78 is 1.83. The molecular weight excluding hydrogens is 445 g/mol. The Labute approximate surface area is 199 Å². The van der Waals surface area contributed by atoms with Crippen LogP contribution in [0.15, 0.2) is 36.5 Å². The SMILES string of the molecule is CC(NC(=O)N(C)C1CCN(C)CC1)c1ccc(-c2cccc3c2cnn3C)c(Cl)c1Cl. The lowest BCUT2D eigenvalue weighted by Gasteiger charge is -2.35. The van der Waals surface area contributed by atoms with Crippen molar-refractivity contribution in [3.8, 4) is 11.1 Å². The first-order valence-corrected chi connectivity index (χ1v) is 11.6. The molecule has 0 saturated carbocycles. The zero-order chi connectivity index (χ0) is 23.0. The first kappa shape index (κ1) is 22.9. The monoisotopic (exact) mass is 473 g/mol. The van der Waals surface area contributed by atoms with Crippen LogP contribution < -0.4 is 5.32 Å². The molecule has 2 amide bonds. The minimum Gasteiger partial charge on any atom is -0.331 e. The number of aromatic nitrogens is 2. The second kappa shape index (κ2) is 9.30. The number of rotatable bonds is 4. The van der Waals surface area contributed by atoms with Crippen LogP contribution in [0.2, 0.25) is 10.0 Å². The van der Waals surface area contributed by atoms with Crippen LogP contribution in [-0.2, 0) is 7.05 Å². The zero-order valence-corrected chi connectivity index (χ0v) is 20.4. The van der Waals surface area contributed by atoms with E-state index in [1.54, 1.807) is 0 Å². The van der Waals surface area contributed by atoms with Crippen LogP contribution in [0.25, 0.3) is 22.0 Å². The average molecular weight is 474 g/mol. The van der Waals surface area contributed by atoms with E-state index in [0.29, 0.717) is 10.0 Å². The van der Waals surface area contributed by atoms with E-state index < -0.39 is 0 Å². The number of piperidine rings is 1. The lowest BCUT2D eigenvalue weighted by molar-refractivity contribution is 0.146. The number of hydrogen-bond donors (Lipinski definition) is 1. The fraction of sp³-hybridized carbons (Fsp3) is 0.417. The highest BCUT2D eigenvalue weighted by molar-refractivity contribution is 6.44. The third-order valence-corrected chi connectivity index (χ3v) is 7.45. The maximum Gasteiger partial charge on any atom is 0.317 e. The molecule has 0 radical (unpaired) electrons. The van der Waals surface area contributed by atoms with Gasteiger partial charge in [0.25, 0.3) is 0 Å². The third-order valence-electron chi connectivity index (χ3n) is 6.56. The largest absolute Gasteiger partial charge is 0.331 e. The van der Waals surface area contributed by atoms with Crippen LogP contribution >= 0.6 is 23.2 Å². The number of halogens is 2. The summed E-state index contributed by atoms with van der Waals surface area (Å²) >= 11 is 13.4. The quantitative estimate of drug-likeness (QED) is 0.555. The van der Waals surface area contributed by atoms with Crippen LogP contribution in [0.3, 0.4) is 0 Å². The van der Waals surface area contributed by atoms with Crippen LogP contribution in [0.4, 0.5) is 4.79 Å². The predicted molar refractivity (Wildman–Crippen MR) is 131 cm³/mol. The normalized spacial score (nSPS) is 16.3. The molecule has 32 heavy (non-hydrogen) atoms. The molecule has 2 aromatic carbocycles. The molecule has 0 bridgehead atoms. The maximum absolute atomic E-state index is 12.9. The van der Waals surface area contributed by atoms with E-state index >= 15 is 0 Å². The number of carbonyl (C=O) groups is 1. The van der Waals surface area contributed by atoms with E-state index in [0.717, 1.165) is 53.5 Å². The molecule has 1 aromatic heterocycles. The molecule has 4 rings (SSSR count). The van der Waals surface area contributed by atoms with Gasteiger partial charge in [-0.05, 0) is 57.1 Å². The summed E-state index contributed by atoms with van der Waals surface area (Å²) in [7, 11) is 5.89. The smallest absolute Gasteiger partial charge is 0.317 e. The van der Waals surface area contributed by atoms with Gasteiger partial charge in [0.2, 0.25) is 0 Å². The molecule has 1 aliphatic rings. The molecule has 0 aliphatic carbocycles. The molecule has 1 aliphatic heterocycles. The summed E-state index contributed by atoms with van der Waals surface area (Å²) in [5.74, 6) is 0. The molecule has 8 heteroatoms. The minimum absolute atomic E-state index is 0.0940. The third kappa shape index (κ3) is 4.32. The van der Waals surface area contributed by atoms with Gasteiger partial charge in [-0.3, -0.25) is 4.68 Å². The van der Waals surface area contributed by atoms with E-state index in [2.05, 4.69) is 22.4 Å². The van der Waals surface area contributed by atoms with Crippen LogP contribution in [-0.4, -0.2) is 58.8 Å². The van der Waals surface area contributed by atoms with E-state index in [1.807, 2.05) is 67.1 Å². The first-order valence-electron chi connectivity index (χ1n) is 10.9. The molecule has 1 fully saturated rings. The van der Waals surface area contributed by atoms with Crippen LogP contribution in [0, 0.1) is 0 Å². The predicted octanol–water partition coefficient (Wildman–Crippen LogP) is 5.34. The Bertz CT molecular complexity index is 1140. The maximum atomic E-state index is 12.9. The van der Waals surface area contributed by atoms with Crippen LogP contribution in [0.1, 0.15) is 31.4 Å². The Morgan fingerprint density at radius 3 is 2.56 bits per heavy atom. The summed E-state index contributed by atoms with van der Waals surface area (Å²) in [6.07, 6.45) is 3.80. The molecule has 1 saturated heterocycles. The van der Waals surface area contributed by atoms with Gasteiger partial charge in [-0.1, -0.05) is 47.5 Å². The Hall–Kier alpha value is -2.28. The number of nitrogens with one attached hydrogen (secondary N) is 1. The summed E-state index contributed by atoms with van der Waals surface area (Å²) in [6, 6.07) is 9.82. The fourth-order valence-electron chi connectivity index (χ4n) is 4.43. The number of amides is 2. The van der Waals surface area contributed by atoms with Crippen molar-refractivity contribution in [3.05, 3.63) is 52.1 Å². The Morgan fingerprint density at radius 1 is 1.12 bits per heavy atom. The molecule has 2 heterocycles. The number of aryl methyl sites for hydroxylation is 1. The summed E-state index contributed by atoms with van der Waals surface area (Å²) in [6.45, 7) is 3.94.